The van der Waals surface area contributed by atoms with Gasteiger partial charge in [-0.1, -0.05) is 18.2 Å². The topological polar surface area (TPSA) is 95.6 Å². The average molecular weight is 401 g/mol. The van der Waals surface area contributed by atoms with Crippen molar-refractivity contribution in [2.75, 3.05) is 34.3 Å². The first kappa shape index (κ1) is 19.9. The molecule has 0 saturated carbocycles. The van der Waals surface area contributed by atoms with Gasteiger partial charge in [-0.15, -0.1) is 0 Å². The van der Waals surface area contributed by atoms with Crippen LogP contribution in [0.3, 0.4) is 0 Å². The van der Waals surface area contributed by atoms with Crippen molar-refractivity contribution < 1.29 is 18.0 Å². The second kappa shape index (κ2) is 8.02. The van der Waals surface area contributed by atoms with E-state index >= 15 is 0 Å². The SMILES string of the molecule is CC(=O)c1cccc(NC(=O)CN2CCCc3c(NS(C)(=O)=O)cccc32)c1. The standard InChI is InChI=1S/C20H23N3O4S/c1-14(24)15-6-3-7-16(12-15)21-20(25)13-23-11-5-8-17-18(22-28(2,26)27)9-4-10-19(17)23/h3-4,6-7,9-10,12,22H,5,8,11,13H2,1-2H3,(H,21,25). The molecule has 0 spiro atoms. The second-order valence-electron chi connectivity index (χ2n) is 6.89. The Morgan fingerprint density at radius 1 is 1.14 bits per heavy atom. The Balaban J connectivity index is 1.76. The monoisotopic (exact) mass is 401 g/mol. The summed E-state index contributed by atoms with van der Waals surface area (Å²) in [5.74, 6) is -0.262. The molecule has 0 saturated heterocycles. The summed E-state index contributed by atoms with van der Waals surface area (Å²) in [6, 6.07) is 12.2. The van der Waals surface area contributed by atoms with E-state index in [-0.39, 0.29) is 18.2 Å². The number of sulfonamides is 1. The number of rotatable bonds is 6. The first-order chi connectivity index (χ1) is 13.2. The van der Waals surface area contributed by atoms with Gasteiger partial charge < -0.3 is 10.2 Å². The minimum atomic E-state index is -3.38. The quantitative estimate of drug-likeness (QED) is 0.726. The number of carbonyl (C=O) groups excluding carboxylic acids is 2. The highest BCUT2D eigenvalue weighted by Crippen LogP contribution is 2.33. The number of anilines is 3. The van der Waals surface area contributed by atoms with Crippen LogP contribution in [-0.4, -0.2) is 39.5 Å². The number of fused-ring (bicyclic) bond motifs is 1. The molecule has 0 atom stereocenters. The Morgan fingerprint density at radius 2 is 1.89 bits per heavy atom. The van der Waals surface area contributed by atoms with E-state index < -0.39 is 10.0 Å². The van der Waals surface area contributed by atoms with Gasteiger partial charge in [0.2, 0.25) is 15.9 Å². The van der Waals surface area contributed by atoms with Crippen molar-refractivity contribution in [3.05, 3.63) is 53.6 Å². The molecule has 0 unspecified atom stereocenters. The zero-order valence-electron chi connectivity index (χ0n) is 15.9. The molecule has 1 heterocycles. The molecule has 7 nitrogen and oxygen atoms in total. The Kier molecular flexibility index (Phi) is 5.69. The van der Waals surface area contributed by atoms with Crippen LogP contribution < -0.4 is 14.9 Å². The number of Topliss-reactive ketones (excluding diaryl/α,β-unsaturated/α-hetero) is 1. The fraction of sp³-hybridized carbons (Fsp3) is 0.300. The van der Waals surface area contributed by atoms with Crippen LogP contribution in [0.15, 0.2) is 42.5 Å². The molecule has 2 aromatic carbocycles. The lowest BCUT2D eigenvalue weighted by molar-refractivity contribution is -0.115. The number of benzene rings is 2. The van der Waals surface area contributed by atoms with Crippen molar-refractivity contribution in [1.29, 1.82) is 0 Å². The maximum Gasteiger partial charge on any atom is 0.243 e. The van der Waals surface area contributed by atoms with E-state index in [0.29, 0.717) is 23.5 Å². The summed E-state index contributed by atoms with van der Waals surface area (Å²) < 4.78 is 25.8. The third-order valence-electron chi connectivity index (χ3n) is 4.53. The number of hydrogen-bond donors (Lipinski definition) is 2. The zero-order chi connectivity index (χ0) is 20.3. The molecule has 28 heavy (non-hydrogen) atoms. The van der Waals surface area contributed by atoms with Gasteiger partial charge >= 0.3 is 0 Å². The molecule has 2 N–H and O–H groups in total. The summed E-state index contributed by atoms with van der Waals surface area (Å²) in [5.41, 5.74) is 3.41. The normalized spacial score (nSPS) is 13.6. The van der Waals surface area contributed by atoms with Gasteiger partial charge in [-0.3, -0.25) is 14.3 Å². The summed E-state index contributed by atoms with van der Waals surface area (Å²) in [7, 11) is -3.38. The van der Waals surface area contributed by atoms with Crippen molar-refractivity contribution in [2.24, 2.45) is 0 Å². The predicted molar refractivity (Wildman–Crippen MR) is 111 cm³/mol. The zero-order valence-corrected chi connectivity index (χ0v) is 16.7. The maximum atomic E-state index is 12.5. The Hall–Kier alpha value is -2.87. The largest absolute Gasteiger partial charge is 0.362 e. The fourth-order valence-corrected chi connectivity index (χ4v) is 3.94. The van der Waals surface area contributed by atoms with Crippen molar-refractivity contribution in [2.45, 2.75) is 19.8 Å². The van der Waals surface area contributed by atoms with E-state index in [1.54, 1.807) is 36.4 Å². The summed E-state index contributed by atoms with van der Waals surface area (Å²) in [4.78, 5) is 26.0. The Labute approximate surface area is 164 Å². The van der Waals surface area contributed by atoms with E-state index in [9.17, 15) is 18.0 Å². The molecule has 3 rings (SSSR count). The second-order valence-corrected chi connectivity index (χ2v) is 8.64. The van der Waals surface area contributed by atoms with Crippen LogP contribution in [0.25, 0.3) is 0 Å². The smallest absolute Gasteiger partial charge is 0.243 e. The lowest BCUT2D eigenvalue weighted by Gasteiger charge is -2.32. The van der Waals surface area contributed by atoms with Gasteiger partial charge in [0.1, 0.15) is 0 Å². The van der Waals surface area contributed by atoms with Gasteiger partial charge in [-0.2, -0.15) is 0 Å². The molecule has 0 radical (unpaired) electrons. The molecule has 1 amide bonds. The fourth-order valence-electron chi connectivity index (χ4n) is 3.35. The van der Waals surface area contributed by atoms with E-state index in [1.807, 2.05) is 11.0 Å². The number of nitrogens with one attached hydrogen (secondary N) is 2. The van der Waals surface area contributed by atoms with Gasteiger partial charge in [0.15, 0.2) is 5.78 Å². The number of hydrogen-bond acceptors (Lipinski definition) is 5. The van der Waals surface area contributed by atoms with Gasteiger partial charge in [-0.05, 0) is 49.6 Å². The van der Waals surface area contributed by atoms with Crippen LogP contribution >= 0.6 is 0 Å². The molecule has 0 bridgehead atoms. The third kappa shape index (κ3) is 4.89. The van der Waals surface area contributed by atoms with E-state index in [4.69, 9.17) is 0 Å². The highest BCUT2D eigenvalue weighted by molar-refractivity contribution is 7.92. The predicted octanol–water partition coefficient (Wildman–Crippen LogP) is 2.65. The summed E-state index contributed by atoms with van der Waals surface area (Å²) >= 11 is 0. The number of carbonyl (C=O) groups is 2. The first-order valence-electron chi connectivity index (χ1n) is 8.98. The Morgan fingerprint density at radius 3 is 2.61 bits per heavy atom. The lowest BCUT2D eigenvalue weighted by Crippen LogP contribution is -2.37. The summed E-state index contributed by atoms with van der Waals surface area (Å²) in [6.45, 7) is 2.32. The summed E-state index contributed by atoms with van der Waals surface area (Å²) in [5, 5.41) is 2.82. The molecule has 0 aromatic heterocycles. The van der Waals surface area contributed by atoms with Crippen LogP contribution in [0.2, 0.25) is 0 Å². The molecule has 148 valence electrons. The van der Waals surface area contributed by atoms with Crippen molar-refractivity contribution in [3.63, 3.8) is 0 Å². The first-order valence-corrected chi connectivity index (χ1v) is 10.9. The maximum absolute atomic E-state index is 12.5. The van der Waals surface area contributed by atoms with Gasteiger partial charge in [0, 0.05) is 23.5 Å². The van der Waals surface area contributed by atoms with Crippen molar-refractivity contribution in [1.82, 2.24) is 0 Å². The number of ketones is 1. The third-order valence-corrected chi connectivity index (χ3v) is 5.12. The number of amides is 1. The van der Waals surface area contributed by atoms with E-state index in [0.717, 1.165) is 30.3 Å². The van der Waals surface area contributed by atoms with Gasteiger partial charge in [0.05, 0.1) is 18.5 Å². The molecule has 0 fully saturated rings. The Bertz CT molecular complexity index is 1020. The number of nitrogens with zero attached hydrogens (tertiary/aromatic N) is 1. The molecule has 8 heteroatoms. The highest BCUT2D eigenvalue weighted by Gasteiger charge is 2.22. The molecular formula is C20H23N3O4S. The molecular weight excluding hydrogens is 378 g/mol. The van der Waals surface area contributed by atoms with E-state index in [1.165, 1.54) is 6.92 Å². The van der Waals surface area contributed by atoms with E-state index in [2.05, 4.69) is 10.0 Å². The van der Waals surface area contributed by atoms with Gasteiger partial charge in [0.25, 0.3) is 0 Å². The molecule has 0 aliphatic carbocycles. The van der Waals surface area contributed by atoms with Crippen LogP contribution in [0.5, 0.6) is 0 Å². The highest BCUT2D eigenvalue weighted by atomic mass is 32.2. The molecule has 1 aliphatic rings. The lowest BCUT2D eigenvalue weighted by atomic mass is 10.00. The minimum Gasteiger partial charge on any atom is -0.362 e. The molecule has 2 aromatic rings. The van der Waals surface area contributed by atoms with Crippen LogP contribution in [0.4, 0.5) is 17.1 Å². The van der Waals surface area contributed by atoms with Gasteiger partial charge in [-0.25, -0.2) is 8.42 Å². The van der Waals surface area contributed by atoms with Crippen LogP contribution in [0.1, 0.15) is 29.3 Å². The molecule has 1 aliphatic heterocycles. The average Bonchev–Trinajstić information content (AvgIpc) is 2.61. The summed E-state index contributed by atoms with van der Waals surface area (Å²) in [6.07, 6.45) is 2.69. The van der Waals surface area contributed by atoms with Crippen molar-refractivity contribution >= 4 is 38.8 Å². The van der Waals surface area contributed by atoms with Crippen LogP contribution in [-0.2, 0) is 21.2 Å². The minimum absolute atomic E-state index is 0.0630. The van der Waals surface area contributed by atoms with Crippen LogP contribution in [0, 0.1) is 0 Å². The van der Waals surface area contributed by atoms with Crippen molar-refractivity contribution in [3.8, 4) is 0 Å².